The third-order valence-corrected chi connectivity index (χ3v) is 5.92. The summed E-state index contributed by atoms with van der Waals surface area (Å²) in [6.45, 7) is 3.72. The highest BCUT2D eigenvalue weighted by atomic mass is 32.1. The Labute approximate surface area is 148 Å². The monoisotopic (exact) mass is 364 g/mol. The summed E-state index contributed by atoms with van der Waals surface area (Å²) >= 11 is 2.87. The Kier molecular flexibility index (Phi) is 5.60. The minimum Gasteiger partial charge on any atom is -0.340 e. The normalized spacial score (nSPS) is 16.5. The molecule has 0 aliphatic carbocycles. The molecule has 1 aliphatic heterocycles. The number of hydrogen-bond donors (Lipinski definition) is 3. The number of hydrogen-bond acceptors (Lipinski definition) is 6. The standard InChI is InChI=1S/C16H20N4O2S2/c1-10(19-15(22)12-3-2-8-23-12)14(21)20-16-18-9-13(24-16)11-4-6-17-7-5-11/h2-3,8-11,17H,4-7H2,1H3,(H,19,22)(H,18,20,21). The number of rotatable bonds is 5. The molecule has 3 heterocycles. The molecular weight excluding hydrogens is 344 g/mol. The molecule has 1 saturated heterocycles. The van der Waals surface area contributed by atoms with Crippen molar-refractivity contribution < 1.29 is 9.59 Å². The second-order valence-corrected chi connectivity index (χ2v) is 7.76. The van der Waals surface area contributed by atoms with Gasteiger partial charge < -0.3 is 16.0 Å². The minimum atomic E-state index is -0.620. The zero-order valence-corrected chi connectivity index (χ0v) is 15.0. The van der Waals surface area contributed by atoms with Crippen LogP contribution in [-0.4, -0.2) is 35.9 Å². The number of nitrogens with one attached hydrogen (secondary N) is 3. The van der Waals surface area contributed by atoms with Crippen molar-refractivity contribution in [1.82, 2.24) is 15.6 Å². The van der Waals surface area contributed by atoms with Crippen LogP contribution in [0.3, 0.4) is 0 Å². The summed E-state index contributed by atoms with van der Waals surface area (Å²) in [5, 5.41) is 11.3. The summed E-state index contributed by atoms with van der Waals surface area (Å²) < 4.78 is 0. The van der Waals surface area contributed by atoms with Crippen LogP contribution in [0.15, 0.2) is 23.7 Å². The van der Waals surface area contributed by atoms with Crippen molar-refractivity contribution in [1.29, 1.82) is 0 Å². The van der Waals surface area contributed by atoms with Crippen molar-refractivity contribution in [3.05, 3.63) is 33.5 Å². The van der Waals surface area contributed by atoms with Gasteiger partial charge in [-0.05, 0) is 50.2 Å². The van der Waals surface area contributed by atoms with Crippen molar-refractivity contribution in [3.8, 4) is 0 Å². The Bertz CT molecular complexity index is 693. The van der Waals surface area contributed by atoms with Crippen LogP contribution in [-0.2, 0) is 4.79 Å². The molecular formula is C16H20N4O2S2. The van der Waals surface area contributed by atoms with Gasteiger partial charge in [0.25, 0.3) is 5.91 Å². The Morgan fingerprint density at radius 2 is 2.17 bits per heavy atom. The zero-order valence-electron chi connectivity index (χ0n) is 13.4. The summed E-state index contributed by atoms with van der Waals surface area (Å²) in [5.74, 6) is 0.0265. The molecule has 0 radical (unpaired) electrons. The van der Waals surface area contributed by atoms with Gasteiger partial charge in [-0.15, -0.1) is 22.7 Å². The summed E-state index contributed by atoms with van der Waals surface area (Å²) in [7, 11) is 0. The van der Waals surface area contributed by atoms with E-state index in [0.29, 0.717) is 15.9 Å². The number of thiophene rings is 1. The summed E-state index contributed by atoms with van der Waals surface area (Å²) in [6, 6.07) is 2.92. The average Bonchev–Trinajstić information content (AvgIpc) is 3.27. The Balaban J connectivity index is 1.54. The van der Waals surface area contributed by atoms with Crippen LogP contribution in [0.25, 0.3) is 0 Å². The summed E-state index contributed by atoms with van der Waals surface area (Å²) in [5.41, 5.74) is 0. The lowest BCUT2D eigenvalue weighted by atomic mass is 9.97. The molecule has 1 aliphatic rings. The molecule has 0 bridgehead atoms. The highest BCUT2D eigenvalue weighted by molar-refractivity contribution is 7.15. The molecule has 2 amide bonds. The summed E-state index contributed by atoms with van der Waals surface area (Å²) in [6.07, 6.45) is 4.05. The van der Waals surface area contributed by atoms with Gasteiger partial charge in [-0.2, -0.15) is 0 Å². The van der Waals surface area contributed by atoms with Crippen LogP contribution in [0.5, 0.6) is 0 Å². The molecule has 1 atom stereocenters. The van der Waals surface area contributed by atoms with Gasteiger partial charge in [0.15, 0.2) is 5.13 Å². The molecule has 0 saturated carbocycles. The van der Waals surface area contributed by atoms with Crippen molar-refractivity contribution in [2.45, 2.75) is 31.7 Å². The number of nitrogens with zero attached hydrogens (tertiary/aromatic N) is 1. The van der Waals surface area contributed by atoms with E-state index in [4.69, 9.17) is 0 Å². The largest absolute Gasteiger partial charge is 0.340 e. The number of carbonyl (C=O) groups excluding carboxylic acids is 2. The highest BCUT2D eigenvalue weighted by Crippen LogP contribution is 2.31. The molecule has 3 rings (SSSR count). The molecule has 2 aromatic rings. The number of anilines is 1. The average molecular weight is 364 g/mol. The third kappa shape index (κ3) is 4.19. The Morgan fingerprint density at radius 1 is 1.38 bits per heavy atom. The fourth-order valence-electron chi connectivity index (χ4n) is 2.59. The molecule has 3 N–H and O–H groups in total. The number of amides is 2. The lowest BCUT2D eigenvalue weighted by Gasteiger charge is -2.20. The highest BCUT2D eigenvalue weighted by Gasteiger charge is 2.21. The second kappa shape index (κ2) is 7.87. The van der Waals surface area contributed by atoms with Crippen LogP contribution >= 0.6 is 22.7 Å². The molecule has 24 heavy (non-hydrogen) atoms. The van der Waals surface area contributed by atoms with Gasteiger partial charge in [0.1, 0.15) is 6.04 Å². The molecule has 6 nitrogen and oxygen atoms in total. The van der Waals surface area contributed by atoms with E-state index in [2.05, 4.69) is 20.9 Å². The van der Waals surface area contributed by atoms with Crippen LogP contribution in [0.2, 0.25) is 0 Å². The molecule has 8 heteroatoms. The Hall–Kier alpha value is -1.77. The van der Waals surface area contributed by atoms with Gasteiger partial charge in [-0.25, -0.2) is 4.98 Å². The van der Waals surface area contributed by atoms with Crippen LogP contribution in [0.4, 0.5) is 5.13 Å². The predicted octanol–water partition coefficient (Wildman–Crippen LogP) is 2.43. The lowest BCUT2D eigenvalue weighted by molar-refractivity contribution is -0.117. The molecule has 128 valence electrons. The molecule has 1 fully saturated rings. The van der Waals surface area contributed by atoms with Crippen molar-refractivity contribution >= 4 is 39.6 Å². The van der Waals surface area contributed by atoms with E-state index in [1.54, 1.807) is 13.0 Å². The zero-order chi connectivity index (χ0) is 16.9. The molecule has 0 spiro atoms. The first-order valence-corrected chi connectivity index (χ1v) is 9.65. The maximum absolute atomic E-state index is 12.2. The first-order valence-electron chi connectivity index (χ1n) is 7.95. The summed E-state index contributed by atoms with van der Waals surface area (Å²) in [4.78, 5) is 30.3. The van der Waals surface area contributed by atoms with Crippen molar-refractivity contribution in [3.63, 3.8) is 0 Å². The predicted molar refractivity (Wildman–Crippen MR) is 96.8 cm³/mol. The number of aromatic nitrogens is 1. The van der Waals surface area contributed by atoms with E-state index in [-0.39, 0.29) is 11.8 Å². The third-order valence-electron chi connectivity index (χ3n) is 3.98. The fraction of sp³-hybridized carbons (Fsp3) is 0.438. The lowest BCUT2D eigenvalue weighted by Crippen LogP contribution is -2.41. The van der Waals surface area contributed by atoms with E-state index in [1.165, 1.54) is 27.6 Å². The molecule has 1 unspecified atom stereocenters. The quantitative estimate of drug-likeness (QED) is 0.761. The van der Waals surface area contributed by atoms with Gasteiger partial charge in [-0.3, -0.25) is 9.59 Å². The topological polar surface area (TPSA) is 83.1 Å². The SMILES string of the molecule is CC(NC(=O)c1cccs1)C(=O)Nc1ncc(C2CCNCC2)s1. The number of thiazole rings is 1. The smallest absolute Gasteiger partial charge is 0.261 e. The first-order chi connectivity index (χ1) is 11.6. The number of piperidine rings is 1. The van der Waals surface area contributed by atoms with E-state index in [9.17, 15) is 9.59 Å². The van der Waals surface area contributed by atoms with Gasteiger partial charge in [0.05, 0.1) is 4.88 Å². The van der Waals surface area contributed by atoms with E-state index in [1.807, 2.05) is 17.6 Å². The number of carbonyl (C=O) groups is 2. The molecule has 2 aromatic heterocycles. The second-order valence-electron chi connectivity index (χ2n) is 5.75. The van der Waals surface area contributed by atoms with Crippen LogP contribution in [0, 0.1) is 0 Å². The fourth-order valence-corrected chi connectivity index (χ4v) is 4.21. The van der Waals surface area contributed by atoms with Crippen molar-refractivity contribution in [2.75, 3.05) is 18.4 Å². The molecule has 0 aromatic carbocycles. The van der Waals surface area contributed by atoms with Crippen LogP contribution in [0.1, 0.15) is 40.2 Å². The van der Waals surface area contributed by atoms with E-state index >= 15 is 0 Å². The van der Waals surface area contributed by atoms with Gasteiger partial charge in [-0.1, -0.05) is 6.07 Å². The maximum atomic E-state index is 12.2. The minimum absolute atomic E-state index is 0.234. The van der Waals surface area contributed by atoms with Crippen molar-refractivity contribution in [2.24, 2.45) is 0 Å². The first kappa shape index (κ1) is 17.1. The van der Waals surface area contributed by atoms with Gasteiger partial charge in [0, 0.05) is 11.1 Å². The van der Waals surface area contributed by atoms with E-state index < -0.39 is 6.04 Å². The van der Waals surface area contributed by atoms with Crippen LogP contribution < -0.4 is 16.0 Å². The van der Waals surface area contributed by atoms with E-state index in [0.717, 1.165) is 25.9 Å². The Morgan fingerprint density at radius 3 is 2.88 bits per heavy atom. The maximum Gasteiger partial charge on any atom is 0.261 e. The van der Waals surface area contributed by atoms with Gasteiger partial charge in [0.2, 0.25) is 5.91 Å². The van der Waals surface area contributed by atoms with Gasteiger partial charge >= 0.3 is 0 Å².